The number of carbonyl (C=O) groups is 2. The fraction of sp³-hybridized carbons (Fsp3) is 0. The van der Waals surface area contributed by atoms with Crippen molar-refractivity contribution in [2.24, 2.45) is 0 Å². The van der Waals surface area contributed by atoms with Gasteiger partial charge in [0.25, 0.3) is 11.8 Å². The molecule has 0 atom stereocenters. The average molecular weight is 616 g/mol. The van der Waals surface area contributed by atoms with Crippen LogP contribution < -0.4 is 19.7 Å². The first-order valence-electron chi connectivity index (χ1n) is 11.7. The van der Waals surface area contributed by atoms with Gasteiger partial charge in [0.05, 0.1) is 10.6 Å². The van der Waals surface area contributed by atoms with E-state index in [-0.39, 0.29) is 27.7 Å². The Bertz CT molecular complexity index is 1680. The number of thiocarbonyl (C=S) groups is 1. The van der Waals surface area contributed by atoms with Crippen LogP contribution in [0.25, 0.3) is 6.08 Å². The summed E-state index contributed by atoms with van der Waals surface area (Å²) in [6.07, 6.45) is 1.27. The van der Waals surface area contributed by atoms with Crippen LogP contribution in [0.4, 0.5) is 11.4 Å². The molecule has 4 aromatic carbocycles. The van der Waals surface area contributed by atoms with Crippen LogP contribution in [0.1, 0.15) is 5.56 Å². The summed E-state index contributed by atoms with van der Waals surface area (Å²) in [5.74, 6) is 0.206. The number of hydrogen-bond donors (Lipinski definition) is 1. The van der Waals surface area contributed by atoms with Gasteiger partial charge in [-0.05, 0) is 84.5 Å². The number of nitrogens with zero attached hydrogens (tertiary/aromatic N) is 2. The van der Waals surface area contributed by atoms with Crippen LogP contribution in [0.5, 0.6) is 23.0 Å². The lowest BCUT2D eigenvalue weighted by atomic mass is 10.1. The summed E-state index contributed by atoms with van der Waals surface area (Å²) in [4.78, 5) is 38.5. The summed E-state index contributed by atoms with van der Waals surface area (Å²) in [6.45, 7) is 0. The summed E-state index contributed by atoms with van der Waals surface area (Å²) in [6, 6.07) is 26.8. The summed E-state index contributed by atoms with van der Waals surface area (Å²) in [5, 5.41) is 14.2. The van der Waals surface area contributed by atoms with Crippen molar-refractivity contribution in [2.45, 2.75) is 0 Å². The number of rotatable bonds is 7. The molecule has 11 heteroatoms. The SMILES string of the molecule is O=C1NC(=S)N(c2ccc(Oc3ccccc3)cc2)C(=O)C1=Cc1ccc(Oc2cccc(Br)c2)c([N+](=O)[O-])c1. The molecule has 1 saturated heterocycles. The minimum Gasteiger partial charge on any atom is -0.457 e. The van der Waals surface area contributed by atoms with Gasteiger partial charge in [-0.2, -0.15) is 0 Å². The van der Waals surface area contributed by atoms with Crippen molar-refractivity contribution in [3.05, 3.63) is 123 Å². The molecule has 0 radical (unpaired) electrons. The van der Waals surface area contributed by atoms with E-state index in [0.29, 0.717) is 22.9 Å². The minimum absolute atomic E-state index is 0.00490. The Kier molecular flexibility index (Phi) is 7.67. The summed E-state index contributed by atoms with van der Waals surface area (Å²) in [5.41, 5.74) is 0.0868. The fourth-order valence-electron chi connectivity index (χ4n) is 3.86. The lowest BCUT2D eigenvalue weighted by molar-refractivity contribution is -0.385. The van der Waals surface area contributed by atoms with E-state index >= 15 is 0 Å². The second-order valence-corrected chi connectivity index (χ2v) is 9.71. The van der Waals surface area contributed by atoms with E-state index in [9.17, 15) is 19.7 Å². The largest absolute Gasteiger partial charge is 0.457 e. The van der Waals surface area contributed by atoms with Crippen molar-refractivity contribution in [1.29, 1.82) is 0 Å². The van der Waals surface area contributed by atoms with Crippen molar-refractivity contribution in [2.75, 3.05) is 4.90 Å². The van der Waals surface area contributed by atoms with Gasteiger partial charge in [-0.15, -0.1) is 0 Å². The maximum absolute atomic E-state index is 13.4. The number of para-hydroxylation sites is 1. The van der Waals surface area contributed by atoms with Gasteiger partial charge in [0, 0.05) is 10.5 Å². The molecule has 40 heavy (non-hydrogen) atoms. The van der Waals surface area contributed by atoms with Gasteiger partial charge in [-0.1, -0.05) is 46.3 Å². The first kappa shape index (κ1) is 26.7. The van der Waals surface area contributed by atoms with E-state index in [4.69, 9.17) is 21.7 Å². The van der Waals surface area contributed by atoms with Crippen molar-refractivity contribution >= 4 is 62.5 Å². The Morgan fingerprint density at radius 2 is 1.55 bits per heavy atom. The number of carbonyl (C=O) groups excluding carboxylic acids is 2. The molecule has 0 spiro atoms. The topological polar surface area (TPSA) is 111 Å². The van der Waals surface area contributed by atoms with Gasteiger partial charge < -0.3 is 9.47 Å². The smallest absolute Gasteiger partial charge is 0.312 e. The molecule has 0 aromatic heterocycles. The molecule has 9 nitrogen and oxygen atoms in total. The van der Waals surface area contributed by atoms with E-state index in [0.717, 1.165) is 4.47 Å². The van der Waals surface area contributed by atoms with E-state index in [1.165, 1.54) is 29.2 Å². The molecule has 198 valence electrons. The van der Waals surface area contributed by atoms with Crippen molar-refractivity contribution < 1.29 is 24.0 Å². The monoisotopic (exact) mass is 615 g/mol. The van der Waals surface area contributed by atoms with E-state index in [1.807, 2.05) is 30.3 Å². The maximum atomic E-state index is 13.4. The minimum atomic E-state index is -0.715. The normalized spacial score (nSPS) is 14.2. The van der Waals surface area contributed by atoms with E-state index in [2.05, 4.69) is 21.2 Å². The summed E-state index contributed by atoms with van der Waals surface area (Å²) < 4.78 is 12.2. The van der Waals surface area contributed by atoms with Gasteiger partial charge in [0.2, 0.25) is 5.75 Å². The van der Waals surface area contributed by atoms with Crippen LogP contribution in [0.2, 0.25) is 0 Å². The molecular weight excluding hydrogens is 598 g/mol. The third kappa shape index (κ3) is 5.90. The molecule has 0 unspecified atom stereocenters. The highest BCUT2D eigenvalue weighted by Gasteiger charge is 2.34. The van der Waals surface area contributed by atoms with Crippen molar-refractivity contribution in [3.63, 3.8) is 0 Å². The highest BCUT2D eigenvalue weighted by Crippen LogP contribution is 2.34. The standard InChI is InChI=1S/C29H18BrN3O6S/c30-19-5-4-8-23(17-19)39-26-14-9-18(16-25(26)33(36)37)15-24-27(34)31-29(40)32(28(24)35)20-10-12-22(13-11-20)38-21-6-2-1-3-7-21/h1-17H,(H,31,34,40). The number of ether oxygens (including phenoxy) is 2. The number of amides is 2. The number of halogens is 1. The molecule has 1 N–H and O–H groups in total. The summed E-state index contributed by atoms with van der Waals surface area (Å²) in [7, 11) is 0. The molecule has 0 aliphatic carbocycles. The number of nitro benzene ring substituents is 1. The number of benzene rings is 4. The third-order valence-corrected chi connectivity index (χ3v) is 6.47. The van der Waals surface area contributed by atoms with Crippen molar-refractivity contribution in [3.8, 4) is 23.0 Å². The molecule has 1 aliphatic heterocycles. The van der Waals surface area contributed by atoms with Crippen LogP contribution >= 0.6 is 28.1 Å². The van der Waals surface area contributed by atoms with Crippen LogP contribution in [0.3, 0.4) is 0 Å². The zero-order valence-electron chi connectivity index (χ0n) is 20.4. The van der Waals surface area contributed by atoms with Crippen LogP contribution in [0, 0.1) is 10.1 Å². The zero-order valence-corrected chi connectivity index (χ0v) is 22.8. The van der Waals surface area contributed by atoms with E-state index in [1.54, 1.807) is 48.5 Å². The predicted molar refractivity (Wildman–Crippen MR) is 156 cm³/mol. The molecular formula is C29H18BrN3O6S. The maximum Gasteiger partial charge on any atom is 0.312 e. The quantitative estimate of drug-likeness (QED) is 0.0802. The molecule has 1 fully saturated rings. The number of nitrogens with one attached hydrogen (secondary N) is 1. The Morgan fingerprint density at radius 1 is 0.850 bits per heavy atom. The molecule has 0 saturated carbocycles. The lowest BCUT2D eigenvalue weighted by Gasteiger charge is -2.29. The molecule has 1 heterocycles. The average Bonchev–Trinajstić information content (AvgIpc) is 2.93. The first-order valence-corrected chi connectivity index (χ1v) is 12.9. The third-order valence-electron chi connectivity index (χ3n) is 5.69. The molecule has 2 amide bonds. The van der Waals surface area contributed by atoms with Gasteiger partial charge in [0.1, 0.15) is 22.8 Å². The lowest BCUT2D eigenvalue weighted by Crippen LogP contribution is -2.54. The zero-order chi connectivity index (χ0) is 28.2. The fourth-order valence-corrected chi connectivity index (χ4v) is 4.52. The summed E-state index contributed by atoms with van der Waals surface area (Å²) >= 11 is 8.60. The van der Waals surface area contributed by atoms with Gasteiger partial charge in [0.15, 0.2) is 5.11 Å². The highest BCUT2D eigenvalue weighted by molar-refractivity contribution is 9.10. The van der Waals surface area contributed by atoms with Crippen LogP contribution in [-0.4, -0.2) is 21.9 Å². The Morgan fingerprint density at radius 3 is 2.25 bits per heavy atom. The van der Waals surface area contributed by atoms with Gasteiger partial charge in [-0.3, -0.25) is 29.9 Å². The molecule has 4 aromatic rings. The second kappa shape index (κ2) is 11.5. The Hall–Kier alpha value is -4.87. The highest BCUT2D eigenvalue weighted by atomic mass is 79.9. The van der Waals surface area contributed by atoms with Crippen LogP contribution in [-0.2, 0) is 9.59 Å². The van der Waals surface area contributed by atoms with Gasteiger partial charge in [-0.25, -0.2) is 0 Å². The number of nitro groups is 1. The Balaban J connectivity index is 1.41. The second-order valence-electron chi connectivity index (χ2n) is 8.41. The number of hydrogen-bond acceptors (Lipinski definition) is 7. The van der Waals surface area contributed by atoms with Crippen LogP contribution in [0.15, 0.2) is 107 Å². The predicted octanol–water partition coefficient (Wildman–Crippen LogP) is 6.77. The van der Waals surface area contributed by atoms with Gasteiger partial charge >= 0.3 is 5.69 Å². The molecule has 5 rings (SSSR count). The number of anilines is 1. The van der Waals surface area contributed by atoms with E-state index < -0.39 is 16.7 Å². The Labute approximate surface area is 241 Å². The molecule has 1 aliphatic rings. The molecule has 0 bridgehead atoms. The first-order chi connectivity index (χ1) is 19.3. The van der Waals surface area contributed by atoms with Crippen molar-refractivity contribution in [1.82, 2.24) is 5.32 Å².